The third kappa shape index (κ3) is 2.94. The topological polar surface area (TPSA) is 73.0 Å². The van der Waals surface area contributed by atoms with Crippen molar-refractivity contribution in [2.75, 3.05) is 13.1 Å². The van der Waals surface area contributed by atoms with Crippen molar-refractivity contribution in [2.45, 2.75) is 51.7 Å². The van der Waals surface area contributed by atoms with Crippen LogP contribution in [0.25, 0.3) is 0 Å². The predicted molar refractivity (Wildman–Crippen MR) is 101 cm³/mol. The molecule has 1 aliphatic carbocycles. The summed E-state index contributed by atoms with van der Waals surface area (Å²) in [5.41, 5.74) is 1.27. The van der Waals surface area contributed by atoms with E-state index in [4.69, 9.17) is 0 Å². The van der Waals surface area contributed by atoms with Crippen LogP contribution in [0.1, 0.15) is 42.4 Å². The van der Waals surface area contributed by atoms with E-state index >= 15 is 0 Å². The first kappa shape index (κ1) is 16.9. The molecule has 0 radical (unpaired) electrons. The molecule has 27 heavy (non-hydrogen) atoms. The zero-order chi connectivity index (χ0) is 18.5. The molecule has 2 aromatic heterocycles. The molecular formula is C20H25N5O2. The molecule has 0 unspecified atom stereocenters. The fraction of sp³-hybridized carbons (Fsp3) is 0.600. The van der Waals surface area contributed by atoms with Gasteiger partial charge in [-0.15, -0.1) is 0 Å². The van der Waals surface area contributed by atoms with Crippen molar-refractivity contribution < 1.29 is 0 Å². The van der Waals surface area contributed by atoms with E-state index in [0.717, 1.165) is 49.7 Å². The molecule has 2 atom stereocenters. The highest BCUT2D eigenvalue weighted by molar-refractivity contribution is 5.14. The van der Waals surface area contributed by atoms with Crippen molar-refractivity contribution in [1.82, 2.24) is 24.2 Å². The van der Waals surface area contributed by atoms with Gasteiger partial charge in [-0.05, 0) is 37.8 Å². The minimum absolute atomic E-state index is 0.232. The van der Waals surface area contributed by atoms with Gasteiger partial charge >= 0.3 is 11.1 Å². The molecule has 0 spiro atoms. The standard InChI is InChI=1S/C20H25N5O2/c1-13-4-2-7-16(21-13)11-23-9-15-10-24-18(17(15)12-23)22-25(20(27)19(24)26)8-14-5-3-6-14/h2,4,7,14-15,17H,3,5-6,8-12H2,1H3/t15-,17-/m1/s1. The van der Waals surface area contributed by atoms with Crippen LogP contribution < -0.4 is 11.1 Å². The summed E-state index contributed by atoms with van der Waals surface area (Å²) >= 11 is 0. The smallest absolute Gasteiger partial charge is 0.296 e. The lowest BCUT2D eigenvalue weighted by atomic mass is 9.85. The van der Waals surface area contributed by atoms with E-state index in [1.165, 1.54) is 11.1 Å². The average Bonchev–Trinajstić information content (AvgIpc) is 3.13. The summed E-state index contributed by atoms with van der Waals surface area (Å²) in [6.45, 7) is 5.82. The normalized spacial score (nSPS) is 24.6. The van der Waals surface area contributed by atoms with Crippen LogP contribution in [0.3, 0.4) is 0 Å². The molecule has 0 aromatic carbocycles. The van der Waals surface area contributed by atoms with Gasteiger partial charge in [0.1, 0.15) is 5.82 Å². The van der Waals surface area contributed by atoms with E-state index in [-0.39, 0.29) is 11.5 Å². The average molecular weight is 367 g/mol. The predicted octanol–water partition coefficient (Wildman–Crippen LogP) is 1.14. The molecule has 0 N–H and O–H groups in total. The van der Waals surface area contributed by atoms with E-state index in [9.17, 15) is 9.59 Å². The van der Waals surface area contributed by atoms with Crippen molar-refractivity contribution in [3.8, 4) is 0 Å². The fourth-order valence-corrected chi connectivity index (χ4v) is 4.77. The Morgan fingerprint density at radius 1 is 1.11 bits per heavy atom. The molecule has 0 bridgehead atoms. The lowest BCUT2D eigenvalue weighted by molar-refractivity contribution is 0.256. The van der Waals surface area contributed by atoms with Gasteiger partial charge in [0, 0.05) is 50.3 Å². The summed E-state index contributed by atoms with van der Waals surface area (Å²) in [5.74, 6) is 1.90. The molecule has 5 rings (SSSR count). The SMILES string of the molecule is Cc1cccc(CN2C[C@@H]3Cn4c(nn(CC5CCC5)c(=O)c4=O)[C@@H]3C2)n1. The van der Waals surface area contributed by atoms with Gasteiger partial charge in [-0.1, -0.05) is 12.5 Å². The maximum absolute atomic E-state index is 12.6. The van der Waals surface area contributed by atoms with Crippen LogP contribution in [0, 0.1) is 18.8 Å². The number of aryl methyl sites for hydroxylation is 1. The number of nitrogens with zero attached hydrogens (tertiary/aromatic N) is 5. The molecule has 2 aliphatic heterocycles. The van der Waals surface area contributed by atoms with Gasteiger partial charge in [0.2, 0.25) is 0 Å². The van der Waals surface area contributed by atoms with Crippen LogP contribution in [0.2, 0.25) is 0 Å². The largest absolute Gasteiger partial charge is 0.332 e. The first-order chi connectivity index (χ1) is 13.1. The number of aromatic nitrogens is 4. The quantitative estimate of drug-likeness (QED) is 0.758. The lowest BCUT2D eigenvalue weighted by Crippen LogP contribution is -2.45. The Bertz CT molecular complexity index is 991. The third-order valence-corrected chi connectivity index (χ3v) is 6.42. The highest BCUT2D eigenvalue weighted by Gasteiger charge is 2.42. The lowest BCUT2D eigenvalue weighted by Gasteiger charge is -2.25. The Kier molecular flexibility index (Phi) is 4.00. The van der Waals surface area contributed by atoms with E-state index in [1.54, 1.807) is 4.57 Å². The second-order valence-electron chi connectivity index (χ2n) is 8.39. The third-order valence-electron chi connectivity index (χ3n) is 6.42. The monoisotopic (exact) mass is 367 g/mol. The molecule has 1 saturated heterocycles. The zero-order valence-electron chi connectivity index (χ0n) is 15.7. The first-order valence-corrected chi connectivity index (χ1v) is 9.95. The number of hydrogen-bond donors (Lipinski definition) is 0. The Hall–Kier alpha value is -2.28. The summed E-state index contributed by atoms with van der Waals surface area (Å²) < 4.78 is 3.09. The van der Waals surface area contributed by atoms with Crippen molar-refractivity contribution >= 4 is 0 Å². The highest BCUT2D eigenvalue weighted by atomic mass is 16.2. The van der Waals surface area contributed by atoms with E-state index < -0.39 is 5.56 Å². The summed E-state index contributed by atoms with van der Waals surface area (Å²) in [6, 6.07) is 6.12. The van der Waals surface area contributed by atoms with Crippen LogP contribution in [0.5, 0.6) is 0 Å². The molecule has 3 aliphatic rings. The van der Waals surface area contributed by atoms with Gasteiger partial charge in [-0.3, -0.25) is 24.0 Å². The number of hydrogen-bond acceptors (Lipinski definition) is 5. The number of fused-ring (bicyclic) bond motifs is 3. The second-order valence-corrected chi connectivity index (χ2v) is 8.39. The van der Waals surface area contributed by atoms with Gasteiger partial charge in [0.05, 0.1) is 5.69 Å². The second kappa shape index (κ2) is 6.41. The van der Waals surface area contributed by atoms with Crippen LogP contribution >= 0.6 is 0 Å². The van der Waals surface area contributed by atoms with Crippen molar-refractivity contribution in [3.63, 3.8) is 0 Å². The summed E-state index contributed by atoms with van der Waals surface area (Å²) in [4.78, 5) is 32.0. The molecule has 7 heteroatoms. The van der Waals surface area contributed by atoms with Gasteiger partial charge in [-0.25, -0.2) is 4.68 Å². The van der Waals surface area contributed by atoms with E-state index in [2.05, 4.69) is 21.0 Å². The Morgan fingerprint density at radius 3 is 2.70 bits per heavy atom. The van der Waals surface area contributed by atoms with Crippen LogP contribution in [0.15, 0.2) is 27.8 Å². The van der Waals surface area contributed by atoms with Gasteiger partial charge in [0.25, 0.3) is 0 Å². The van der Waals surface area contributed by atoms with Crippen LogP contribution in [-0.4, -0.2) is 37.3 Å². The van der Waals surface area contributed by atoms with Gasteiger partial charge in [-0.2, -0.15) is 5.10 Å². The minimum Gasteiger partial charge on any atom is -0.296 e. The molecule has 4 heterocycles. The number of rotatable bonds is 4. The summed E-state index contributed by atoms with van der Waals surface area (Å²) in [6.07, 6.45) is 3.49. The Labute approximate surface area is 157 Å². The highest BCUT2D eigenvalue weighted by Crippen LogP contribution is 2.37. The van der Waals surface area contributed by atoms with Gasteiger partial charge < -0.3 is 0 Å². The summed E-state index contributed by atoms with van der Waals surface area (Å²) in [5, 5.41) is 4.66. The van der Waals surface area contributed by atoms with Gasteiger partial charge in [0.15, 0.2) is 0 Å². The van der Waals surface area contributed by atoms with Crippen molar-refractivity contribution in [3.05, 3.63) is 56.1 Å². The van der Waals surface area contributed by atoms with E-state index in [0.29, 0.717) is 24.9 Å². The van der Waals surface area contributed by atoms with Crippen molar-refractivity contribution in [2.24, 2.45) is 11.8 Å². The molecular weight excluding hydrogens is 342 g/mol. The number of likely N-dealkylation sites (tertiary alicyclic amines) is 1. The summed E-state index contributed by atoms with van der Waals surface area (Å²) in [7, 11) is 0. The number of pyridine rings is 1. The molecule has 2 aromatic rings. The molecule has 7 nitrogen and oxygen atoms in total. The molecule has 2 fully saturated rings. The first-order valence-electron chi connectivity index (χ1n) is 9.95. The maximum Gasteiger partial charge on any atom is 0.332 e. The molecule has 0 amide bonds. The Morgan fingerprint density at radius 2 is 1.96 bits per heavy atom. The minimum atomic E-state index is -0.452. The Balaban J connectivity index is 1.38. The molecule has 142 valence electrons. The van der Waals surface area contributed by atoms with Crippen LogP contribution in [0.4, 0.5) is 0 Å². The maximum atomic E-state index is 12.6. The van der Waals surface area contributed by atoms with E-state index in [1.807, 2.05) is 19.1 Å². The molecule has 1 saturated carbocycles. The van der Waals surface area contributed by atoms with Crippen molar-refractivity contribution in [1.29, 1.82) is 0 Å². The fourth-order valence-electron chi connectivity index (χ4n) is 4.77. The van der Waals surface area contributed by atoms with Crippen LogP contribution in [-0.2, 0) is 19.6 Å². The zero-order valence-corrected chi connectivity index (χ0v) is 15.7.